The van der Waals surface area contributed by atoms with Gasteiger partial charge in [0, 0.05) is 31.0 Å². The maximum absolute atomic E-state index is 10.4. The fourth-order valence-corrected chi connectivity index (χ4v) is 2.14. The molecule has 0 heterocycles. The number of nitro benzene ring substituents is 1. The Morgan fingerprint density at radius 1 is 1.26 bits per heavy atom. The van der Waals surface area contributed by atoms with Gasteiger partial charge in [0.2, 0.25) is 0 Å². The van der Waals surface area contributed by atoms with Crippen LogP contribution in [0.4, 0.5) is 5.69 Å². The van der Waals surface area contributed by atoms with Gasteiger partial charge in [0.25, 0.3) is 5.69 Å². The maximum atomic E-state index is 10.4. The van der Waals surface area contributed by atoms with Crippen LogP contribution in [0.2, 0.25) is 0 Å². The van der Waals surface area contributed by atoms with E-state index < -0.39 is 4.92 Å². The lowest BCUT2D eigenvalue weighted by Crippen LogP contribution is -1.92. The molecule has 4 heteroatoms. The second-order valence-electron chi connectivity index (χ2n) is 6.05. The molecule has 1 unspecified atom stereocenters. The number of unbranched alkanes of at least 4 members (excludes halogenated alkanes) is 3. The van der Waals surface area contributed by atoms with Crippen molar-refractivity contribution in [1.29, 1.82) is 0 Å². The van der Waals surface area contributed by atoms with E-state index in [-0.39, 0.29) is 5.69 Å². The minimum Gasteiger partial charge on any atom is -0.296 e. The van der Waals surface area contributed by atoms with E-state index in [0.29, 0.717) is 0 Å². The third-order valence-electron chi connectivity index (χ3n) is 3.99. The van der Waals surface area contributed by atoms with E-state index in [2.05, 4.69) is 25.8 Å². The zero-order chi connectivity index (χ0) is 17.7. The molecule has 0 aliphatic carbocycles. The quantitative estimate of drug-likeness (QED) is 0.257. The molecule has 1 rings (SSSR count). The minimum atomic E-state index is -0.410. The van der Waals surface area contributed by atoms with Gasteiger partial charge in [-0.25, -0.2) is 0 Å². The van der Waals surface area contributed by atoms with Gasteiger partial charge >= 0.3 is 0 Å². The van der Waals surface area contributed by atoms with Crippen molar-refractivity contribution >= 4 is 11.9 Å². The summed E-state index contributed by atoms with van der Waals surface area (Å²) in [5.74, 6) is 0.955. The highest BCUT2D eigenvalue weighted by Gasteiger charge is 2.06. The van der Waals surface area contributed by atoms with Crippen LogP contribution < -0.4 is 0 Å². The highest BCUT2D eigenvalue weighted by Crippen LogP contribution is 2.15. The summed E-state index contributed by atoms with van der Waals surface area (Å²) in [6, 6.07) is 4.72. The van der Waals surface area contributed by atoms with Crippen LogP contribution in [-0.4, -0.2) is 18.2 Å². The van der Waals surface area contributed by atoms with Gasteiger partial charge in [0.05, 0.1) is 4.92 Å². The number of nitro groups is 1. The molecule has 0 fully saturated rings. The average molecular weight is 320 g/mol. The Morgan fingerprint density at radius 3 is 2.48 bits per heavy atom. The van der Waals surface area contributed by atoms with Crippen molar-refractivity contribution in [2.24, 2.45) is 10.9 Å². The smallest absolute Gasteiger partial charge is 0.270 e. The van der Waals surface area contributed by atoms with Gasteiger partial charge in [-0.05, 0) is 18.4 Å². The lowest BCUT2D eigenvalue weighted by molar-refractivity contribution is -0.384. The largest absolute Gasteiger partial charge is 0.296 e. The minimum absolute atomic E-state index is 0.0977. The molecule has 0 saturated heterocycles. The monoisotopic (exact) mass is 320 g/mol. The molecule has 0 bridgehead atoms. The number of hydrogen-bond donors (Lipinski definition) is 0. The Balaban J connectivity index is 0.000000438. The van der Waals surface area contributed by atoms with Crippen LogP contribution in [0.5, 0.6) is 0 Å². The van der Waals surface area contributed by atoms with Crippen LogP contribution in [0.1, 0.15) is 70.4 Å². The summed E-state index contributed by atoms with van der Waals surface area (Å²) in [5, 5.41) is 10.4. The van der Waals surface area contributed by atoms with Crippen LogP contribution in [0.15, 0.2) is 23.2 Å². The fraction of sp³-hybridized carbons (Fsp3) is 0.632. The molecule has 0 aliphatic heterocycles. The summed E-state index contributed by atoms with van der Waals surface area (Å²) in [4.78, 5) is 13.8. The van der Waals surface area contributed by atoms with Crippen LogP contribution in [0.3, 0.4) is 0 Å². The topological polar surface area (TPSA) is 55.5 Å². The third kappa shape index (κ3) is 9.82. The fourth-order valence-electron chi connectivity index (χ4n) is 2.14. The Kier molecular flexibility index (Phi) is 11.8. The van der Waals surface area contributed by atoms with Crippen molar-refractivity contribution < 1.29 is 4.92 Å². The van der Waals surface area contributed by atoms with Crippen LogP contribution in [0, 0.1) is 23.0 Å². The first-order chi connectivity index (χ1) is 11.0. The molecule has 0 amide bonds. The van der Waals surface area contributed by atoms with Crippen molar-refractivity contribution in [2.75, 3.05) is 7.05 Å². The molecule has 0 aromatic heterocycles. The molecule has 1 atom stereocenters. The Hall–Kier alpha value is -1.71. The van der Waals surface area contributed by atoms with Crippen LogP contribution in [-0.2, 0) is 0 Å². The molecule has 0 aliphatic rings. The zero-order valence-electron chi connectivity index (χ0n) is 15.3. The van der Waals surface area contributed by atoms with E-state index in [9.17, 15) is 10.1 Å². The molecule has 0 radical (unpaired) electrons. The standard InChI is InChI=1S/C10H22.C9H10N2O2/c1-4-6-7-8-9-10(3)5-2;1-7-3-4-9(11(12)13)5-8(7)6-10-2/h10H,4-9H2,1-3H3;3-6H,1-2H3. The first-order valence-electron chi connectivity index (χ1n) is 8.63. The van der Waals surface area contributed by atoms with E-state index in [1.54, 1.807) is 19.3 Å². The molecular weight excluding hydrogens is 288 g/mol. The second-order valence-corrected chi connectivity index (χ2v) is 6.05. The number of aryl methyl sites for hydroxylation is 1. The number of hydrogen-bond acceptors (Lipinski definition) is 3. The molecule has 0 spiro atoms. The molecule has 23 heavy (non-hydrogen) atoms. The predicted octanol–water partition coefficient (Wildman–Crippen LogP) is 5.95. The average Bonchev–Trinajstić information content (AvgIpc) is 2.54. The Morgan fingerprint density at radius 2 is 1.96 bits per heavy atom. The maximum Gasteiger partial charge on any atom is 0.270 e. The third-order valence-corrected chi connectivity index (χ3v) is 3.99. The Bertz CT molecular complexity index is 484. The summed E-state index contributed by atoms with van der Waals surface area (Å²) in [5.41, 5.74) is 1.87. The zero-order valence-corrected chi connectivity index (χ0v) is 15.3. The first-order valence-corrected chi connectivity index (χ1v) is 8.63. The Labute approximate surface area is 141 Å². The van der Waals surface area contributed by atoms with Gasteiger partial charge in [-0.1, -0.05) is 65.4 Å². The van der Waals surface area contributed by atoms with Crippen LogP contribution >= 0.6 is 0 Å². The molecule has 130 valence electrons. The highest BCUT2D eigenvalue weighted by atomic mass is 16.6. The number of aliphatic imine (C=N–C) groups is 1. The molecule has 4 nitrogen and oxygen atoms in total. The summed E-state index contributed by atoms with van der Waals surface area (Å²) in [6.07, 6.45) is 10.1. The molecule has 0 saturated carbocycles. The number of benzene rings is 1. The number of nitrogens with zero attached hydrogens (tertiary/aromatic N) is 2. The lowest BCUT2D eigenvalue weighted by atomic mass is 10.0. The first kappa shape index (κ1) is 21.3. The summed E-state index contributed by atoms with van der Waals surface area (Å²) < 4.78 is 0. The van der Waals surface area contributed by atoms with Crippen molar-refractivity contribution in [2.45, 2.75) is 66.2 Å². The van der Waals surface area contributed by atoms with Gasteiger partial charge in [-0.2, -0.15) is 0 Å². The van der Waals surface area contributed by atoms with Gasteiger partial charge in [-0.3, -0.25) is 15.1 Å². The summed E-state index contributed by atoms with van der Waals surface area (Å²) >= 11 is 0. The van der Waals surface area contributed by atoms with Crippen molar-refractivity contribution in [3.63, 3.8) is 0 Å². The van der Waals surface area contributed by atoms with E-state index in [0.717, 1.165) is 17.0 Å². The van der Waals surface area contributed by atoms with E-state index >= 15 is 0 Å². The van der Waals surface area contributed by atoms with E-state index in [1.165, 1.54) is 50.7 Å². The molecule has 0 N–H and O–H groups in total. The second kappa shape index (κ2) is 12.8. The van der Waals surface area contributed by atoms with E-state index in [4.69, 9.17) is 0 Å². The van der Waals surface area contributed by atoms with Gasteiger partial charge in [0.1, 0.15) is 0 Å². The van der Waals surface area contributed by atoms with Crippen molar-refractivity contribution in [3.8, 4) is 0 Å². The SMILES string of the molecule is CCCCCCC(C)CC.CN=Cc1cc([N+](=O)[O-])ccc1C. The van der Waals surface area contributed by atoms with E-state index in [1.807, 2.05) is 6.92 Å². The van der Waals surface area contributed by atoms with Gasteiger partial charge in [-0.15, -0.1) is 0 Å². The predicted molar refractivity (Wildman–Crippen MR) is 99.6 cm³/mol. The van der Waals surface area contributed by atoms with Crippen molar-refractivity contribution in [1.82, 2.24) is 0 Å². The molecule has 1 aromatic rings. The number of non-ortho nitro benzene ring substituents is 1. The molecule has 1 aromatic carbocycles. The lowest BCUT2D eigenvalue weighted by Gasteiger charge is -2.06. The number of rotatable bonds is 8. The normalized spacial score (nSPS) is 11.9. The molecular formula is C19H32N2O2. The van der Waals surface area contributed by atoms with Gasteiger partial charge in [0.15, 0.2) is 0 Å². The highest BCUT2D eigenvalue weighted by molar-refractivity contribution is 5.82. The van der Waals surface area contributed by atoms with Gasteiger partial charge < -0.3 is 0 Å². The van der Waals surface area contributed by atoms with Crippen molar-refractivity contribution in [3.05, 3.63) is 39.4 Å². The summed E-state index contributed by atoms with van der Waals surface area (Å²) in [6.45, 7) is 8.79. The summed E-state index contributed by atoms with van der Waals surface area (Å²) in [7, 11) is 1.64. The van der Waals surface area contributed by atoms with Crippen LogP contribution in [0.25, 0.3) is 0 Å².